The van der Waals surface area contributed by atoms with Crippen LogP contribution in [-0.2, 0) is 0 Å². The molecule has 3 nitrogen and oxygen atoms in total. The third-order valence-corrected chi connectivity index (χ3v) is 3.92. The van der Waals surface area contributed by atoms with Gasteiger partial charge in [0.2, 0.25) is 5.28 Å². The lowest BCUT2D eigenvalue weighted by Crippen LogP contribution is -2.36. The second-order valence-electron chi connectivity index (χ2n) is 4.73. The number of hydrogen-bond acceptors (Lipinski definition) is 3. The van der Waals surface area contributed by atoms with Crippen molar-refractivity contribution >= 4 is 17.4 Å². The molecule has 0 unspecified atom stereocenters. The first-order chi connectivity index (χ1) is 7.65. The van der Waals surface area contributed by atoms with Crippen LogP contribution >= 0.6 is 11.6 Å². The topological polar surface area (TPSA) is 37.8 Å². The van der Waals surface area contributed by atoms with Gasteiger partial charge in [-0.1, -0.05) is 13.3 Å². The van der Waals surface area contributed by atoms with Crippen LogP contribution in [0.15, 0.2) is 6.20 Å². The number of aromatic nitrogens is 2. The minimum absolute atomic E-state index is 0.312. The van der Waals surface area contributed by atoms with Gasteiger partial charge in [-0.05, 0) is 43.2 Å². The zero-order chi connectivity index (χ0) is 11.6. The molecule has 0 spiro atoms. The zero-order valence-electron chi connectivity index (χ0n) is 9.89. The van der Waals surface area contributed by atoms with Gasteiger partial charge in [-0.3, -0.25) is 0 Å². The van der Waals surface area contributed by atoms with Crippen LogP contribution in [-0.4, -0.2) is 16.5 Å². The average molecular weight is 240 g/mol. The highest BCUT2D eigenvalue weighted by Crippen LogP contribution is 2.43. The molecule has 0 bridgehead atoms. The van der Waals surface area contributed by atoms with Gasteiger partial charge in [0.15, 0.2) is 0 Å². The van der Waals surface area contributed by atoms with Crippen molar-refractivity contribution in [3.05, 3.63) is 17.0 Å². The highest BCUT2D eigenvalue weighted by molar-refractivity contribution is 6.28. The predicted molar refractivity (Wildman–Crippen MR) is 66.8 cm³/mol. The van der Waals surface area contributed by atoms with Gasteiger partial charge in [-0.2, -0.15) is 0 Å². The molecule has 0 aromatic carbocycles. The van der Waals surface area contributed by atoms with Gasteiger partial charge in [-0.25, -0.2) is 9.97 Å². The largest absolute Gasteiger partial charge is 0.369 e. The Kier molecular flexibility index (Phi) is 3.33. The van der Waals surface area contributed by atoms with E-state index in [2.05, 4.69) is 22.2 Å². The van der Waals surface area contributed by atoms with Crippen molar-refractivity contribution in [1.29, 1.82) is 0 Å². The third kappa shape index (κ3) is 2.29. The van der Waals surface area contributed by atoms with E-state index in [1.165, 1.54) is 25.7 Å². The maximum Gasteiger partial charge on any atom is 0.224 e. The van der Waals surface area contributed by atoms with Crippen LogP contribution in [0.5, 0.6) is 0 Å². The first-order valence-electron chi connectivity index (χ1n) is 5.88. The summed E-state index contributed by atoms with van der Waals surface area (Å²) in [4.78, 5) is 8.16. The van der Waals surface area contributed by atoms with Crippen molar-refractivity contribution in [3.8, 4) is 0 Å². The molecule has 1 aliphatic rings. The van der Waals surface area contributed by atoms with Gasteiger partial charge in [0, 0.05) is 18.3 Å². The lowest BCUT2D eigenvalue weighted by Gasteiger charge is -2.41. The summed E-state index contributed by atoms with van der Waals surface area (Å²) >= 11 is 5.79. The molecule has 1 saturated carbocycles. The molecule has 0 radical (unpaired) electrons. The summed E-state index contributed by atoms with van der Waals surface area (Å²) in [6.45, 7) is 5.26. The summed E-state index contributed by atoms with van der Waals surface area (Å²) in [5.74, 6) is 0.875. The molecule has 0 atom stereocenters. The fourth-order valence-electron chi connectivity index (χ4n) is 2.20. The Balaban J connectivity index is 2.01. The number of nitrogens with one attached hydrogen (secondary N) is 1. The fraction of sp³-hybridized carbons (Fsp3) is 0.667. The lowest BCUT2D eigenvalue weighted by molar-refractivity contribution is 0.145. The van der Waals surface area contributed by atoms with Crippen LogP contribution < -0.4 is 5.32 Å². The molecular formula is C12H18ClN3. The number of nitrogens with zero attached hydrogens (tertiary/aromatic N) is 2. The monoisotopic (exact) mass is 239 g/mol. The molecule has 1 aliphatic carbocycles. The molecule has 0 amide bonds. The quantitative estimate of drug-likeness (QED) is 0.818. The second-order valence-corrected chi connectivity index (χ2v) is 5.07. The van der Waals surface area contributed by atoms with Crippen molar-refractivity contribution in [2.75, 3.05) is 11.9 Å². The Morgan fingerprint density at radius 3 is 2.81 bits per heavy atom. The average Bonchev–Trinajstić information content (AvgIpc) is 2.22. The fourth-order valence-corrected chi connectivity index (χ4v) is 2.34. The Morgan fingerprint density at radius 1 is 1.50 bits per heavy atom. The van der Waals surface area contributed by atoms with Crippen molar-refractivity contribution in [2.45, 2.75) is 39.5 Å². The molecular weight excluding hydrogens is 222 g/mol. The Labute approximate surface area is 102 Å². The number of rotatable bonds is 4. The van der Waals surface area contributed by atoms with Crippen LogP contribution in [0.3, 0.4) is 0 Å². The molecule has 0 aliphatic heterocycles. The van der Waals surface area contributed by atoms with Gasteiger partial charge < -0.3 is 5.32 Å². The molecule has 1 aromatic rings. The van der Waals surface area contributed by atoms with Gasteiger partial charge in [0.05, 0.1) is 0 Å². The maximum absolute atomic E-state index is 5.79. The van der Waals surface area contributed by atoms with Crippen molar-refractivity contribution < 1.29 is 0 Å². The van der Waals surface area contributed by atoms with Gasteiger partial charge in [0.25, 0.3) is 0 Å². The normalized spacial score (nSPS) is 17.9. The Bertz CT molecular complexity index is 369. The minimum Gasteiger partial charge on any atom is -0.369 e. The number of hydrogen-bond donors (Lipinski definition) is 1. The van der Waals surface area contributed by atoms with Crippen molar-refractivity contribution in [1.82, 2.24) is 9.97 Å². The van der Waals surface area contributed by atoms with Crippen LogP contribution in [0.2, 0.25) is 5.28 Å². The van der Waals surface area contributed by atoms with E-state index in [1.807, 2.05) is 6.92 Å². The van der Waals surface area contributed by atoms with E-state index in [0.29, 0.717) is 10.7 Å². The van der Waals surface area contributed by atoms with Gasteiger partial charge in [-0.15, -0.1) is 0 Å². The molecule has 1 fully saturated rings. The van der Waals surface area contributed by atoms with Crippen LogP contribution in [0.25, 0.3) is 0 Å². The lowest BCUT2D eigenvalue weighted by atomic mass is 9.67. The van der Waals surface area contributed by atoms with Crippen molar-refractivity contribution in [2.24, 2.45) is 5.41 Å². The summed E-state index contributed by atoms with van der Waals surface area (Å²) in [5.41, 5.74) is 1.54. The zero-order valence-corrected chi connectivity index (χ0v) is 10.6. The first kappa shape index (κ1) is 11.6. The molecule has 0 saturated heterocycles. The van der Waals surface area contributed by atoms with Crippen molar-refractivity contribution in [3.63, 3.8) is 0 Å². The van der Waals surface area contributed by atoms with Crippen LogP contribution in [0, 0.1) is 12.3 Å². The third-order valence-electron chi connectivity index (χ3n) is 3.74. The number of halogens is 1. The smallest absolute Gasteiger partial charge is 0.224 e. The van der Waals surface area contributed by atoms with Gasteiger partial charge in [0.1, 0.15) is 5.82 Å². The highest BCUT2D eigenvalue weighted by atomic mass is 35.5. The summed E-state index contributed by atoms with van der Waals surface area (Å²) in [7, 11) is 0. The minimum atomic E-state index is 0.312. The number of anilines is 1. The predicted octanol–water partition coefficient (Wildman–Crippen LogP) is 3.43. The Hall–Kier alpha value is -0.830. The first-order valence-corrected chi connectivity index (χ1v) is 6.26. The van der Waals surface area contributed by atoms with E-state index in [4.69, 9.17) is 11.6 Å². The van der Waals surface area contributed by atoms with E-state index in [1.54, 1.807) is 6.20 Å². The summed E-state index contributed by atoms with van der Waals surface area (Å²) < 4.78 is 0. The summed E-state index contributed by atoms with van der Waals surface area (Å²) in [6.07, 6.45) is 7.01. The Morgan fingerprint density at radius 2 is 2.25 bits per heavy atom. The molecule has 88 valence electrons. The standard InChI is InChI=1S/C12H18ClN3/c1-3-12(5-4-6-12)8-15-10-9(2)7-14-11(13)16-10/h7H,3-6,8H2,1-2H3,(H,14,15,16). The second kappa shape index (κ2) is 4.58. The van der Waals surface area contributed by atoms with E-state index in [-0.39, 0.29) is 0 Å². The molecule has 1 aromatic heterocycles. The van der Waals surface area contributed by atoms with E-state index < -0.39 is 0 Å². The molecule has 1 heterocycles. The van der Waals surface area contributed by atoms with Crippen LogP contribution in [0.4, 0.5) is 5.82 Å². The molecule has 2 rings (SSSR count). The van der Waals surface area contributed by atoms with E-state index in [9.17, 15) is 0 Å². The molecule has 4 heteroatoms. The number of aryl methyl sites for hydroxylation is 1. The molecule has 16 heavy (non-hydrogen) atoms. The maximum atomic E-state index is 5.79. The van der Waals surface area contributed by atoms with E-state index in [0.717, 1.165) is 17.9 Å². The van der Waals surface area contributed by atoms with Gasteiger partial charge >= 0.3 is 0 Å². The van der Waals surface area contributed by atoms with Crippen LogP contribution in [0.1, 0.15) is 38.2 Å². The highest BCUT2D eigenvalue weighted by Gasteiger charge is 2.34. The summed E-state index contributed by atoms with van der Waals surface area (Å²) in [5, 5.41) is 3.72. The molecule has 1 N–H and O–H groups in total. The summed E-state index contributed by atoms with van der Waals surface area (Å²) in [6, 6.07) is 0. The van der Waals surface area contributed by atoms with E-state index >= 15 is 0 Å². The SMILES string of the molecule is CCC1(CNc2nc(Cl)ncc2C)CCC1.